The molecule has 0 aromatic heterocycles. The van der Waals surface area contributed by atoms with Crippen molar-refractivity contribution in [3.05, 3.63) is 29.3 Å². The molecular weight excluding hydrogens is 382 g/mol. The van der Waals surface area contributed by atoms with Gasteiger partial charge < -0.3 is 25.0 Å². The summed E-state index contributed by atoms with van der Waals surface area (Å²) in [4.78, 5) is 26.7. The van der Waals surface area contributed by atoms with E-state index >= 15 is 0 Å². The minimum Gasteiger partial charge on any atom is -0.497 e. The van der Waals surface area contributed by atoms with E-state index in [9.17, 15) is 9.59 Å². The molecule has 0 spiro atoms. The van der Waals surface area contributed by atoms with E-state index in [1.165, 1.54) is 11.1 Å². The highest BCUT2D eigenvalue weighted by molar-refractivity contribution is 5.88. The molecule has 2 aliphatic heterocycles. The molecule has 7 nitrogen and oxygen atoms in total. The first-order chi connectivity index (χ1) is 14.7. The first-order valence-electron chi connectivity index (χ1n) is 11.3. The van der Waals surface area contributed by atoms with E-state index in [-0.39, 0.29) is 30.0 Å². The van der Waals surface area contributed by atoms with Gasteiger partial charge in [-0.25, -0.2) is 0 Å². The lowest BCUT2D eigenvalue weighted by molar-refractivity contribution is -0.137. The van der Waals surface area contributed by atoms with Crippen molar-refractivity contribution in [3.63, 3.8) is 0 Å². The quantitative estimate of drug-likeness (QED) is 0.776. The van der Waals surface area contributed by atoms with E-state index < -0.39 is 0 Å². The van der Waals surface area contributed by atoms with Crippen LogP contribution in [0.2, 0.25) is 0 Å². The van der Waals surface area contributed by atoms with E-state index in [0.717, 1.165) is 44.4 Å². The van der Waals surface area contributed by atoms with Crippen molar-refractivity contribution in [2.75, 3.05) is 33.4 Å². The molecule has 1 aromatic carbocycles. The van der Waals surface area contributed by atoms with E-state index in [4.69, 9.17) is 9.47 Å². The number of fused-ring (bicyclic) bond motifs is 5. The van der Waals surface area contributed by atoms with Gasteiger partial charge in [-0.3, -0.25) is 9.59 Å². The van der Waals surface area contributed by atoms with Gasteiger partial charge in [-0.05, 0) is 68.3 Å². The van der Waals surface area contributed by atoms with E-state index in [1.54, 1.807) is 12.0 Å². The van der Waals surface area contributed by atoms with E-state index in [0.29, 0.717) is 32.5 Å². The monoisotopic (exact) mass is 415 g/mol. The third-order valence-electron chi connectivity index (χ3n) is 6.49. The number of nitrogens with zero attached hydrogens (tertiary/aromatic N) is 1. The summed E-state index contributed by atoms with van der Waals surface area (Å²) in [5, 5.41) is 6.68. The van der Waals surface area contributed by atoms with Crippen molar-refractivity contribution in [2.45, 2.75) is 63.1 Å². The van der Waals surface area contributed by atoms with Crippen LogP contribution in [-0.4, -0.2) is 56.1 Å². The Balaban J connectivity index is 1.44. The van der Waals surface area contributed by atoms with Gasteiger partial charge in [-0.1, -0.05) is 6.07 Å². The lowest BCUT2D eigenvalue weighted by Gasteiger charge is -2.27. The average molecular weight is 416 g/mol. The van der Waals surface area contributed by atoms with Crippen LogP contribution < -0.4 is 15.4 Å². The number of carbonyl (C=O) groups excluding carboxylic acids is 2. The van der Waals surface area contributed by atoms with Crippen LogP contribution in [0.3, 0.4) is 0 Å². The van der Waals surface area contributed by atoms with Crippen LogP contribution in [0.25, 0.3) is 0 Å². The first-order valence-corrected chi connectivity index (χ1v) is 11.3. The Bertz CT molecular complexity index is 769. The average Bonchev–Trinajstić information content (AvgIpc) is 3.32. The molecule has 2 bridgehead atoms. The molecule has 3 aliphatic rings. The zero-order valence-corrected chi connectivity index (χ0v) is 17.8. The van der Waals surface area contributed by atoms with Crippen LogP contribution in [0.4, 0.5) is 0 Å². The van der Waals surface area contributed by atoms with Crippen molar-refractivity contribution in [1.29, 1.82) is 0 Å². The molecule has 30 heavy (non-hydrogen) atoms. The molecular formula is C23H33N3O4. The zero-order chi connectivity index (χ0) is 20.9. The van der Waals surface area contributed by atoms with E-state index in [2.05, 4.69) is 22.8 Å². The third kappa shape index (κ3) is 4.62. The molecule has 7 heteroatoms. The van der Waals surface area contributed by atoms with Crippen molar-refractivity contribution in [2.24, 2.45) is 0 Å². The Hall–Kier alpha value is -2.12. The summed E-state index contributed by atoms with van der Waals surface area (Å²) in [6, 6.07) is 6.12. The maximum atomic E-state index is 12.8. The summed E-state index contributed by atoms with van der Waals surface area (Å²) in [7, 11) is 1.69. The maximum Gasteiger partial charge on any atom is 0.242 e. The summed E-state index contributed by atoms with van der Waals surface area (Å²) in [6.07, 6.45) is 5.70. The van der Waals surface area contributed by atoms with Gasteiger partial charge in [0, 0.05) is 32.2 Å². The number of rotatable bonds is 2. The fourth-order valence-corrected chi connectivity index (χ4v) is 4.88. The maximum absolute atomic E-state index is 12.8. The lowest BCUT2D eigenvalue weighted by Crippen LogP contribution is -2.48. The van der Waals surface area contributed by atoms with Crippen molar-refractivity contribution in [3.8, 4) is 5.75 Å². The van der Waals surface area contributed by atoms with E-state index in [1.807, 2.05) is 6.07 Å². The second-order valence-corrected chi connectivity index (χ2v) is 8.44. The van der Waals surface area contributed by atoms with Crippen LogP contribution in [0.15, 0.2) is 18.2 Å². The van der Waals surface area contributed by atoms with Gasteiger partial charge in [0.25, 0.3) is 0 Å². The Morgan fingerprint density at radius 2 is 2.00 bits per heavy atom. The van der Waals surface area contributed by atoms with Crippen LogP contribution in [0, 0.1) is 0 Å². The summed E-state index contributed by atoms with van der Waals surface area (Å²) in [5.74, 6) is 0.957. The number of likely N-dealkylation sites (tertiary alicyclic amines) is 1. The van der Waals surface area contributed by atoms with Gasteiger partial charge in [-0.2, -0.15) is 0 Å². The van der Waals surface area contributed by atoms with Gasteiger partial charge in [0.1, 0.15) is 11.8 Å². The molecule has 0 radical (unpaired) electrons. The highest BCUT2D eigenvalue weighted by Crippen LogP contribution is 2.42. The fourth-order valence-electron chi connectivity index (χ4n) is 4.88. The van der Waals surface area contributed by atoms with Crippen molar-refractivity contribution in [1.82, 2.24) is 15.5 Å². The molecule has 1 aliphatic carbocycles. The van der Waals surface area contributed by atoms with Crippen molar-refractivity contribution >= 4 is 11.8 Å². The van der Waals surface area contributed by atoms with Crippen LogP contribution >= 0.6 is 0 Å². The molecule has 2 N–H and O–H groups in total. The zero-order valence-electron chi connectivity index (χ0n) is 17.8. The summed E-state index contributed by atoms with van der Waals surface area (Å²) < 4.78 is 11.7. The SMILES string of the molecule is COc1ccc2c(c1)[C@@H]1C[C@H]2OCCCC[C@H](N2CCCC2=O)C(=O)NCCCN1. The number of hydrogen-bond acceptors (Lipinski definition) is 5. The minimum atomic E-state index is -0.345. The lowest BCUT2D eigenvalue weighted by atomic mass is 10.1. The number of methoxy groups -OCH3 is 1. The molecule has 0 unspecified atom stereocenters. The van der Waals surface area contributed by atoms with Gasteiger partial charge >= 0.3 is 0 Å². The largest absolute Gasteiger partial charge is 0.497 e. The predicted molar refractivity (Wildman–Crippen MR) is 113 cm³/mol. The summed E-state index contributed by atoms with van der Waals surface area (Å²) in [6.45, 7) is 2.77. The second kappa shape index (κ2) is 9.79. The first kappa shape index (κ1) is 21.1. The number of benzene rings is 1. The van der Waals surface area contributed by atoms with Gasteiger partial charge in [-0.15, -0.1) is 0 Å². The molecule has 2 fully saturated rings. The molecule has 1 aromatic rings. The fraction of sp³-hybridized carbons (Fsp3) is 0.652. The third-order valence-corrected chi connectivity index (χ3v) is 6.49. The topological polar surface area (TPSA) is 79.9 Å². The van der Waals surface area contributed by atoms with Gasteiger partial charge in [0.15, 0.2) is 0 Å². The Morgan fingerprint density at radius 3 is 2.80 bits per heavy atom. The van der Waals surface area contributed by atoms with Gasteiger partial charge in [0.2, 0.25) is 11.8 Å². The number of nitrogens with one attached hydrogen (secondary N) is 2. The molecule has 2 heterocycles. The summed E-state index contributed by atoms with van der Waals surface area (Å²) >= 11 is 0. The second-order valence-electron chi connectivity index (χ2n) is 8.44. The smallest absolute Gasteiger partial charge is 0.242 e. The summed E-state index contributed by atoms with van der Waals surface area (Å²) in [5.41, 5.74) is 2.50. The molecule has 4 rings (SSSR count). The van der Waals surface area contributed by atoms with Crippen LogP contribution in [0.1, 0.15) is 68.2 Å². The molecule has 3 atom stereocenters. The molecule has 2 amide bonds. The minimum absolute atomic E-state index is 0.0161. The van der Waals surface area contributed by atoms with Crippen LogP contribution in [0.5, 0.6) is 5.75 Å². The predicted octanol–water partition coefficient (Wildman–Crippen LogP) is 2.47. The number of carbonyl (C=O) groups is 2. The number of amides is 2. The Morgan fingerprint density at radius 1 is 1.10 bits per heavy atom. The number of ether oxygens (including phenoxy) is 2. The Kier molecular flexibility index (Phi) is 6.89. The van der Waals surface area contributed by atoms with Gasteiger partial charge in [0.05, 0.1) is 13.2 Å². The standard InChI is InChI=1S/C23H33N3O4/c1-29-16-8-9-17-18(14-16)19-15-21(17)30-13-3-2-6-20(26-12-4-7-22(26)27)23(28)25-11-5-10-24-19/h8-9,14,19-21,24H,2-7,10-13,15H2,1H3,(H,25,28)/t19-,20-,21+/m0/s1. The highest BCUT2D eigenvalue weighted by atomic mass is 16.5. The Labute approximate surface area is 178 Å². The number of hydrogen-bond donors (Lipinski definition) is 2. The highest BCUT2D eigenvalue weighted by Gasteiger charge is 2.33. The van der Waals surface area contributed by atoms with Crippen LogP contribution in [-0.2, 0) is 14.3 Å². The normalized spacial score (nSPS) is 28.4. The molecule has 2 saturated heterocycles. The molecule has 0 saturated carbocycles. The van der Waals surface area contributed by atoms with Crippen molar-refractivity contribution < 1.29 is 19.1 Å². The molecule has 164 valence electrons.